The number of halogens is 2. The summed E-state index contributed by atoms with van der Waals surface area (Å²) >= 11 is 3.14. The molecule has 2 N–H and O–H groups in total. The zero-order valence-electron chi connectivity index (χ0n) is 6.14. The van der Waals surface area contributed by atoms with Gasteiger partial charge in [0.2, 0.25) is 0 Å². The molecule has 2 nitrogen and oxygen atoms in total. The number of hydrogen-bond donors (Lipinski definition) is 1. The molecule has 12 heavy (non-hydrogen) atoms. The number of nitrogens with two attached hydrogens (primary N) is 1. The summed E-state index contributed by atoms with van der Waals surface area (Å²) in [5.74, 6) is -0.469. The molecule has 0 spiro atoms. The quantitative estimate of drug-likeness (QED) is 0.750. The van der Waals surface area contributed by atoms with Crippen molar-refractivity contribution in [3.63, 3.8) is 0 Å². The van der Waals surface area contributed by atoms with Crippen LogP contribution in [0.1, 0.15) is 5.56 Å². The molecule has 0 aliphatic heterocycles. The van der Waals surface area contributed by atoms with Gasteiger partial charge in [-0.2, -0.15) is 5.26 Å². The van der Waals surface area contributed by atoms with E-state index in [2.05, 4.69) is 15.9 Å². The molecule has 0 aliphatic rings. The molecule has 0 heterocycles. The van der Waals surface area contributed by atoms with Crippen LogP contribution in [0, 0.1) is 17.1 Å². The van der Waals surface area contributed by atoms with Crippen LogP contribution in [-0.4, -0.2) is 0 Å². The minimum Gasteiger partial charge on any atom is -0.396 e. The van der Waals surface area contributed by atoms with Crippen molar-refractivity contribution in [2.45, 2.75) is 6.42 Å². The first kappa shape index (κ1) is 9.01. The Morgan fingerprint density at radius 3 is 2.83 bits per heavy atom. The molecule has 0 fully saturated rings. The van der Waals surface area contributed by atoms with Gasteiger partial charge in [0.05, 0.1) is 18.2 Å². The fourth-order valence-electron chi connectivity index (χ4n) is 0.834. The highest BCUT2D eigenvalue weighted by Gasteiger charge is 2.04. The molecule has 0 aromatic heterocycles. The van der Waals surface area contributed by atoms with E-state index >= 15 is 0 Å². The molecule has 1 aromatic rings. The summed E-state index contributed by atoms with van der Waals surface area (Å²) in [7, 11) is 0. The average molecular weight is 229 g/mol. The van der Waals surface area contributed by atoms with Gasteiger partial charge in [-0.1, -0.05) is 15.9 Å². The van der Waals surface area contributed by atoms with Crippen LogP contribution in [0.5, 0.6) is 0 Å². The molecule has 0 saturated heterocycles. The zero-order valence-corrected chi connectivity index (χ0v) is 7.73. The Bertz CT molecular complexity index is 344. The molecule has 0 atom stereocenters. The van der Waals surface area contributed by atoms with Gasteiger partial charge in [-0.3, -0.25) is 0 Å². The molecule has 0 unspecified atom stereocenters. The maximum absolute atomic E-state index is 12.8. The number of nitriles is 1. The third-order valence-electron chi connectivity index (χ3n) is 1.44. The van der Waals surface area contributed by atoms with Crippen LogP contribution in [0.2, 0.25) is 0 Å². The van der Waals surface area contributed by atoms with Gasteiger partial charge in [-0.25, -0.2) is 4.39 Å². The SMILES string of the molecule is N#CCc1cc(N)c(F)cc1Br. The molecule has 0 radical (unpaired) electrons. The van der Waals surface area contributed by atoms with Gasteiger partial charge >= 0.3 is 0 Å². The average Bonchev–Trinajstić information content (AvgIpc) is 2.01. The van der Waals surface area contributed by atoms with Crippen molar-refractivity contribution >= 4 is 21.6 Å². The predicted molar refractivity (Wildman–Crippen MR) is 47.8 cm³/mol. The van der Waals surface area contributed by atoms with Crippen molar-refractivity contribution in [3.05, 3.63) is 28.0 Å². The molecule has 62 valence electrons. The second-order valence-corrected chi connectivity index (χ2v) is 3.15. The van der Waals surface area contributed by atoms with Crippen molar-refractivity contribution < 1.29 is 4.39 Å². The molecular weight excluding hydrogens is 223 g/mol. The lowest BCUT2D eigenvalue weighted by Crippen LogP contribution is -1.94. The third-order valence-corrected chi connectivity index (χ3v) is 2.17. The monoisotopic (exact) mass is 228 g/mol. The first-order valence-electron chi connectivity index (χ1n) is 3.25. The standard InChI is InChI=1S/C8H6BrFN2/c9-6-4-7(10)8(12)3-5(6)1-2-11/h3-4H,1,12H2. The summed E-state index contributed by atoms with van der Waals surface area (Å²) in [6.45, 7) is 0. The van der Waals surface area contributed by atoms with E-state index in [-0.39, 0.29) is 12.1 Å². The molecule has 0 saturated carbocycles. The maximum atomic E-state index is 12.8. The number of nitrogens with zero attached hydrogens (tertiary/aromatic N) is 1. The van der Waals surface area contributed by atoms with Crippen molar-refractivity contribution in [1.29, 1.82) is 5.26 Å². The van der Waals surface area contributed by atoms with Crippen molar-refractivity contribution in [1.82, 2.24) is 0 Å². The number of rotatable bonds is 1. The highest BCUT2D eigenvalue weighted by atomic mass is 79.9. The lowest BCUT2D eigenvalue weighted by Gasteiger charge is -2.02. The van der Waals surface area contributed by atoms with Crippen LogP contribution in [0.25, 0.3) is 0 Å². The van der Waals surface area contributed by atoms with E-state index in [0.29, 0.717) is 10.0 Å². The molecular formula is C8H6BrFN2. The summed E-state index contributed by atoms with van der Waals surface area (Å²) in [6, 6.07) is 4.69. The van der Waals surface area contributed by atoms with Gasteiger partial charge in [0.15, 0.2) is 0 Å². The minimum atomic E-state index is -0.469. The lowest BCUT2D eigenvalue weighted by atomic mass is 10.1. The van der Waals surface area contributed by atoms with E-state index in [1.807, 2.05) is 6.07 Å². The Balaban J connectivity index is 3.16. The fourth-order valence-corrected chi connectivity index (χ4v) is 1.29. The summed E-state index contributed by atoms with van der Waals surface area (Å²) in [4.78, 5) is 0. The molecule has 0 bridgehead atoms. The Morgan fingerprint density at radius 2 is 2.25 bits per heavy atom. The molecule has 0 aliphatic carbocycles. The number of nitrogen functional groups attached to an aromatic ring is 1. The van der Waals surface area contributed by atoms with E-state index in [1.54, 1.807) is 0 Å². The van der Waals surface area contributed by atoms with Gasteiger partial charge < -0.3 is 5.73 Å². The molecule has 1 aromatic carbocycles. The number of hydrogen-bond acceptors (Lipinski definition) is 2. The number of anilines is 1. The van der Waals surface area contributed by atoms with Gasteiger partial charge in [-0.15, -0.1) is 0 Å². The fraction of sp³-hybridized carbons (Fsp3) is 0.125. The second kappa shape index (κ2) is 3.55. The highest BCUT2D eigenvalue weighted by molar-refractivity contribution is 9.10. The smallest absolute Gasteiger partial charge is 0.147 e. The second-order valence-electron chi connectivity index (χ2n) is 2.30. The van der Waals surface area contributed by atoms with E-state index in [4.69, 9.17) is 11.0 Å². The van der Waals surface area contributed by atoms with E-state index in [9.17, 15) is 4.39 Å². The topological polar surface area (TPSA) is 49.8 Å². The van der Waals surface area contributed by atoms with Crippen LogP contribution in [0.15, 0.2) is 16.6 Å². The summed E-state index contributed by atoms with van der Waals surface area (Å²) in [6.07, 6.45) is 0.227. The Hall–Kier alpha value is -1.08. The van der Waals surface area contributed by atoms with Crippen LogP contribution in [0.4, 0.5) is 10.1 Å². The van der Waals surface area contributed by atoms with Crippen LogP contribution < -0.4 is 5.73 Å². The lowest BCUT2D eigenvalue weighted by molar-refractivity contribution is 0.631. The van der Waals surface area contributed by atoms with Crippen molar-refractivity contribution in [2.24, 2.45) is 0 Å². The first-order chi connectivity index (χ1) is 5.65. The van der Waals surface area contributed by atoms with Crippen LogP contribution >= 0.6 is 15.9 Å². The van der Waals surface area contributed by atoms with Gasteiger partial charge in [0.25, 0.3) is 0 Å². The van der Waals surface area contributed by atoms with E-state index < -0.39 is 5.82 Å². The Kier molecular flexibility index (Phi) is 2.66. The molecule has 4 heteroatoms. The van der Waals surface area contributed by atoms with E-state index in [1.165, 1.54) is 12.1 Å². The molecule has 1 rings (SSSR count). The maximum Gasteiger partial charge on any atom is 0.147 e. The van der Waals surface area contributed by atoms with Gasteiger partial charge in [0.1, 0.15) is 5.82 Å². The third kappa shape index (κ3) is 1.74. The normalized spacial score (nSPS) is 9.42. The van der Waals surface area contributed by atoms with Crippen LogP contribution in [0.3, 0.4) is 0 Å². The van der Waals surface area contributed by atoms with E-state index in [0.717, 1.165) is 0 Å². The molecule has 0 amide bonds. The van der Waals surface area contributed by atoms with Gasteiger partial charge in [-0.05, 0) is 17.7 Å². The number of benzene rings is 1. The van der Waals surface area contributed by atoms with Crippen molar-refractivity contribution in [2.75, 3.05) is 5.73 Å². The highest BCUT2D eigenvalue weighted by Crippen LogP contribution is 2.22. The summed E-state index contributed by atoms with van der Waals surface area (Å²) in [5, 5.41) is 8.40. The first-order valence-corrected chi connectivity index (χ1v) is 4.05. The van der Waals surface area contributed by atoms with Gasteiger partial charge in [0, 0.05) is 4.47 Å². The summed E-state index contributed by atoms with van der Waals surface area (Å²) in [5.41, 5.74) is 6.09. The van der Waals surface area contributed by atoms with Crippen LogP contribution in [-0.2, 0) is 6.42 Å². The Labute approximate surface area is 77.9 Å². The van der Waals surface area contributed by atoms with Crippen molar-refractivity contribution in [3.8, 4) is 6.07 Å². The zero-order chi connectivity index (χ0) is 9.14. The summed E-state index contributed by atoms with van der Waals surface area (Å²) < 4.78 is 13.3. The largest absolute Gasteiger partial charge is 0.396 e. The predicted octanol–water partition coefficient (Wildman–Crippen LogP) is 2.24. The minimum absolute atomic E-state index is 0.0726. The Morgan fingerprint density at radius 1 is 1.58 bits per heavy atom.